The lowest BCUT2D eigenvalue weighted by molar-refractivity contribution is -0.142. The third-order valence-electron chi connectivity index (χ3n) is 3.76. The van der Waals surface area contributed by atoms with Gasteiger partial charge in [-0.3, -0.25) is 9.59 Å². The van der Waals surface area contributed by atoms with Crippen molar-refractivity contribution in [2.75, 3.05) is 26.8 Å². The van der Waals surface area contributed by atoms with Crippen molar-refractivity contribution < 1.29 is 24.2 Å². The molecule has 3 amide bonds. The molecule has 1 aliphatic carbocycles. The molecule has 0 aromatic heterocycles. The van der Waals surface area contributed by atoms with E-state index < -0.39 is 24.0 Å². The van der Waals surface area contributed by atoms with Gasteiger partial charge in [-0.15, -0.1) is 0 Å². The lowest BCUT2D eigenvalue weighted by Gasteiger charge is -2.26. The van der Waals surface area contributed by atoms with Gasteiger partial charge in [0.25, 0.3) is 0 Å². The number of hydrogen-bond acceptors (Lipinski definition) is 4. The van der Waals surface area contributed by atoms with Crippen LogP contribution < -0.4 is 10.6 Å². The molecule has 1 heterocycles. The smallest absolute Gasteiger partial charge is 0.317 e. The summed E-state index contributed by atoms with van der Waals surface area (Å²) in [6.07, 6.45) is 2.28. The van der Waals surface area contributed by atoms with E-state index in [2.05, 4.69) is 10.6 Å². The molecule has 0 radical (unpaired) electrons. The minimum absolute atomic E-state index is 0.0759. The van der Waals surface area contributed by atoms with Crippen LogP contribution in [0.4, 0.5) is 4.79 Å². The third kappa shape index (κ3) is 4.32. The summed E-state index contributed by atoms with van der Waals surface area (Å²) in [4.78, 5) is 35.8. The number of hydrogen-bond donors (Lipinski definition) is 3. The summed E-state index contributed by atoms with van der Waals surface area (Å²) in [5.41, 5.74) is 0. The number of likely N-dealkylation sites (N-methyl/N-ethyl adjacent to an activating group) is 1. The van der Waals surface area contributed by atoms with Crippen LogP contribution in [0.3, 0.4) is 0 Å². The molecule has 3 N–H and O–H groups in total. The average molecular weight is 299 g/mol. The second kappa shape index (κ2) is 6.75. The second-order valence-electron chi connectivity index (χ2n) is 5.48. The van der Waals surface area contributed by atoms with Gasteiger partial charge in [0.05, 0.1) is 19.3 Å². The number of carboxylic acids is 1. The number of amides is 3. The highest BCUT2D eigenvalue weighted by molar-refractivity contribution is 5.79. The highest BCUT2D eigenvalue weighted by Crippen LogP contribution is 2.19. The monoisotopic (exact) mass is 299 g/mol. The highest BCUT2D eigenvalue weighted by Gasteiger charge is 2.38. The predicted molar refractivity (Wildman–Crippen MR) is 72.7 cm³/mol. The second-order valence-corrected chi connectivity index (χ2v) is 5.48. The number of nitrogens with zero attached hydrogens (tertiary/aromatic N) is 1. The van der Waals surface area contributed by atoms with Gasteiger partial charge >= 0.3 is 12.0 Å². The van der Waals surface area contributed by atoms with Crippen molar-refractivity contribution in [2.45, 2.75) is 31.3 Å². The topological polar surface area (TPSA) is 108 Å². The molecule has 0 spiro atoms. The number of nitrogens with one attached hydrogen (secondary N) is 2. The first-order valence-electron chi connectivity index (χ1n) is 7.09. The van der Waals surface area contributed by atoms with Crippen LogP contribution in [0.25, 0.3) is 0 Å². The van der Waals surface area contributed by atoms with Gasteiger partial charge in [0, 0.05) is 26.1 Å². The van der Waals surface area contributed by atoms with Gasteiger partial charge in [0.2, 0.25) is 5.91 Å². The van der Waals surface area contributed by atoms with Gasteiger partial charge in [0.1, 0.15) is 5.92 Å². The third-order valence-corrected chi connectivity index (χ3v) is 3.76. The molecule has 0 aromatic rings. The Morgan fingerprint density at radius 1 is 1.29 bits per heavy atom. The number of carbonyl (C=O) groups is 3. The van der Waals surface area contributed by atoms with E-state index >= 15 is 0 Å². The zero-order valence-electron chi connectivity index (χ0n) is 12.0. The van der Waals surface area contributed by atoms with Gasteiger partial charge in [-0.25, -0.2) is 4.79 Å². The molecule has 21 heavy (non-hydrogen) atoms. The summed E-state index contributed by atoms with van der Waals surface area (Å²) in [7, 11) is 1.54. The van der Waals surface area contributed by atoms with E-state index in [9.17, 15) is 14.4 Å². The normalized spacial score (nSPS) is 24.4. The molecule has 1 aliphatic heterocycles. The number of urea groups is 1. The minimum atomic E-state index is -0.971. The van der Waals surface area contributed by atoms with Crippen LogP contribution in [-0.4, -0.2) is 66.8 Å². The van der Waals surface area contributed by atoms with E-state index in [0.29, 0.717) is 6.04 Å². The van der Waals surface area contributed by atoms with E-state index in [1.165, 1.54) is 11.9 Å². The molecule has 0 bridgehead atoms. The molecule has 8 heteroatoms. The molecule has 118 valence electrons. The molecule has 2 aliphatic rings. The van der Waals surface area contributed by atoms with Gasteiger partial charge < -0.3 is 25.4 Å². The lowest BCUT2D eigenvalue weighted by atomic mass is 10.0. The summed E-state index contributed by atoms with van der Waals surface area (Å²) in [6.45, 7) is 0.553. The Hall–Kier alpha value is -1.83. The standard InChI is InChI=1S/C13H21N3O5/c1-16(10-7-21-6-9(10)12(18)19)13(20)14-5-4-11(17)15-8-2-3-8/h8-10H,2-7H2,1H3,(H,14,20)(H,15,17)(H,18,19). The maximum absolute atomic E-state index is 11.9. The average Bonchev–Trinajstić information content (AvgIpc) is 3.09. The van der Waals surface area contributed by atoms with Crippen molar-refractivity contribution >= 4 is 17.9 Å². The van der Waals surface area contributed by atoms with Crippen molar-refractivity contribution in [2.24, 2.45) is 5.92 Å². The fraction of sp³-hybridized carbons (Fsp3) is 0.769. The van der Waals surface area contributed by atoms with Gasteiger partial charge in [-0.05, 0) is 12.8 Å². The van der Waals surface area contributed by atoms with Crippen molar-refractivity contribution in [3.05, 3.63) is 0 Å². The molecule has 1 saturated heterocycles. The molecule has 1 saturated carbocycles. The fourth-order valence-corrected chi connectivity index (χ4v) is 2.25. The Balaban J connectivity index is 1.71. The molecular weight excluding hydrogens is 278 g/mol. The van der Waals surface area contributed by atoms with Crippen LogP contribution in [0, 0.1) is 5.92 Å². The predicted octanol–water partition coefficient (Wildman–Crippen LogP) is -0.604. The van der Waals surface area contributed by atoms with Crippen molar-refractivity contribution in [3.8, 4) is 0 Å². The van der Waals surface area contributed by atoms with E-state index in [1.54, 1.807) is 0 Å². The van der Waals surface area contributed by atoms with Gasteiger partial charge in [-0.2, -0.15) is 0 Å². The largest absolute Gasteiger partial charge is 0.481 e. The van der Waals surface area contributed by atoms with Crippen molar-refractivity contribution in [3.63, 3.8) is 0 Å². The number of carbonyl (C=O) groups excluding carboxylic acids is 2. The first-order chi connectivity index (χ1) is 9.99. The van der Waals surface area contributed by atoms with Crippen LogP contribution in [-0.2, 0) is 14.3 Å². The number of ether oxygens (including phenoxy) is 1. The zero-order chi connectivity index (χ0) is 15.4. The number of rotatable bonds is 6. The van der Waals surface area contributed by atoms with Crippen LogP contribution in [0.15, 0.2) is 0 Å². The van der Waals surface area contributed by atoms with Gasteiger partial charge in [0.15, 0.2) is 0 Å². The number of aliphatic carboxylic acids is 1. The molecule has 2 rings (SSSR count). The zero-order valence-corrected chi connectivity index (χ0v) is 12.0. The molecule has 0 aromatic carbocycles. The summed E-state index contributed by atoms with van der Waals surface area (Å²) < 4.78 is 5.13. The molecule has 2 unspecified atom stereocenters. The Kier molecular flexibility index (Phi) is 5.00. The Labute approximate surface area is 122 Å². The van der Waals surface area contributed by atoms with Crippen LogP contribution in [0.1, 0.15) is 19.3 Å². The van der Waals surface area contributed by atoms with Crippen molar-refractivity contribution in [1.82, 2.24) is 15.5 Å². The lowest BCUT2D eigenvalue weighted by Crippen LogP contribution is -2.48. The molecule has 2 fully saturated rings. The SMILES string of the molecule is CN(C(=O)NCCC(=O)NC1CC1)C1COCC1C(=O)O. The van der Waals surface area contributed by atoms with E-state index in [1.807, 2.05) is 0 Å². The Morgan fingerprint density at radius 3 is 2.62 bits per heavy atom. The maximum Gasteiger partial charge on any atom is 0.317 e. The summed E-state index contributed by atoms with van der Waals surface area (Å²) in [5.74, 6) is -1.76. The summed E-state index contributed by atoms with van der Waals surface area (Å²) in [5, 5.41) is 14.5. The van der Waals surface area contributed by atoms with Gasteiger partial charge in [-0.1, -0.05) is 0 Å². The first-order valence-corrected chi connectivity index (χ1v) is 7.09. The van der Waals surface area contributed by atoms with E-state index in [0.717, 1.165) is 12.8 Å². The molecule has 8 nitrogen and oxygen atoms in total. The van der Waals surface area contributed by atoms with Crippen LogP contribution >= 0.6 is 0 Å². The van der Waals surface area contributed by atoms with Crippen molar-refractivity contribution in [1.29, 1.82) is 0 Å². The molecular formula is C13H21N3O5. The number of carboxylic acid groups (broad SMARTS) is 1. The van der Waals surface area contributed by atoms with E-state index in [4.69, 9.17) is 9.84 Å². The molecule has 2 atom stereocenters. The quantitative estimate of drug-likeness (QED) is 0.607. The van der Waals surface area contributed by atoms with Crippen LogP contribution in [0.2, 0.25) is 0 Å². The Bertz CT molecular complexity index is 424. The minimum Gasteiger partial charge on any atom is -0.481 e. The maximum atomic E-state index is 11.9. The highest BCUT2D eigenvalue weighted by atomic mass is 16.5. The summed E-state index contributed by atoms with van der Waals surface area (Å²) in [6, 6.07) is -0.568. The first kappa shape index (κ1) is 15.6. The summed E-state index contributed by atoms with van der Waals surface area (Å²) >= 11 is 0. The Morgan fingerprint density at radius 2 is 2.00 bits per heavy atom. The van der Waals surface area contributed by atoms with Crippen LogP contribution in [0.5, 0.6) is 0 Å². The fourth-order valence-electron chi connectivity index (χ4n) is 2.25. The van der Waals surface area contributed by atoms with E-state index in [-0.39, 0.29) is 32.1 Å².